The molecule has 1 aromatic heterocycles. The van der Waals surface area contributed by atoms with E-state index in [1.54, 1.807) is 7.11 Å². The predicted octanol–water partition coefficient (Wildman–Crippen LogP) is 7.79. The number of fused-ring (bicyclic) bond motifs is 6. The summed E-state index contributed by atoms with van der Waals surface area (Å²) < 4.78 is 13.0. The number of aromatic nitrogens is 1. The molecular weight excluding hydrogens is 468 g/mol. The van der Waals surface area contributed by atoms with E-state index in [4.69, 9.17) is 14.5 Å². The zero-order chi connectivity index (χ0) is 25.6. The lowest BCUT2D eigenvalue weighted by Crippen LogP contribution is -2.56. The monoisotopic (exact) mass is 502 g/mol. The number of pyridine rings is 1. The second kappa shape index (κ2) is 9.59. The van der Waals surface area contributed by atoms with E-state index in [-0.39, 0.29) is 6.10 Å². The third-order valence-corrected chi connectivity index (χ3v) is 9.07. The van der Waals surface area contributed by atoms with Gasteiger partial charge in [-0.3, -0.25) is 9.88 Å². The van der Waals surface area contributed by atoms with Crippen molar-refractivity contribution in [2.75, 3.05) is 20.2 Å². The Kier molecular flexibility index (Phi) is 5.93. The molecule has 0 N–H and O–H groups in total. The van der Waals surface area contributed by atoms with Gasteiger partial charge in [-0.1, -0.05) is 61.9 Å². The van der Waals surface area contributed by atoms with Gasteiger partial charge in [0, 0.05) is 34.5 Å². The van der Waals surface area contributed by atoms with Gasteiger partial charge in [-0.15, -0.1) is 0 Å². The van der Waals surface area contributed by atoms with E-state index in [2.05, 4.69) is 84.6 Å². The van der Waals surface area contributed by atoms with Crippen LogP contribution in [0.1, 0.15) is 37.9 Å². The highest BCUT2D eigenvalue weighted by Gasteiger charge is 2.44. The van der Waals surface area contributed by atoms with Crippen molar-refractivity contribution in [2.45, 2.75) is 38.3 Å². The number of rotatable bonds is 6. The summed E-state index contributed by atoms with van der Waals surface area (Å²) >= 11 is 0. The Balaban J connectivity index is 1.43. The number of piperidine rings is 3. The van der Waals surface area contributed by atoms with Crippen molar-refractivity contribution < 1.29 is 9.47 Å². The van der Waals surface area contributed by atoms with Gasteiger partial charge in [0.1, 0.15) is 17.6 Å². The highest BCUT2D eigenvalue weighted by atomic mass is 16.5. The van der Waals surface area contributed by atoms with E-state index in [0.717, 1.165) is 58.1 Å². The van der Waals surface area contributed by atoms with Crippen LogP contribution in [-0.2, 0) is 0 Å². The minimum atomic E-state index is -0.123. The molecule has 4 aromatic carbocycles. The third-order valence-electron chi connectivity index (χ3n) is 9.07. The molecule has 5 aromatic rings. The van der Waals surface area contributed by atoms with Gasteiger partial charge in [-0.05, 0) is 72.3 Å². The molecular formula is C34H34N2O2. The normalized spacial score (nSPS) is 23.6. The third kappa shape index (κ3) is 3.90. The van der Waals surface area contributed by atoms with E-state index >= 15 is 0 Å². The fourth-order valence-electron chi connectivity index (χ4n) is 7.05. The standard InChI is InChI=1S/C34H34N2O2/c1-3-22-21-36-17-15-23(22)19-32(36)34(29-14-16-35-31-13-12-26(37-2)20-30(29)31)38-33-27-10-6-4-8-24(27)18-25-9-5-7-11-28(25)33/h4-14,16,18,20,22-23,32,34H,3,15,17,19,21H2,1-2H3/t22-,23?,32?,34-/m1/s1. The Bertz CT molecular complexity index is 1580. The Labute approximate surface area is 224 Å². The minimum Gasteiger partial charge on any atom is -0.497 e. The van der Waals surface area contributed by atoms with Crippen LogP contribution in [0.5, 0.6) is 11.5 Å². The molecule has 0 amide bonds. The van der Waals surface area contributed by atoms with Crippen LogP contribution < -0.4 is 9.47 Å². The lowest BCUT2D eigenvalue weighted by molar-refractivity contribution is -0.0477. The first-order valence-electron chi connectivity index (χ1n) is 14.0. The molecule has 2 bridgehead atoms. The maximum absolute atomic E-state index is 7.36. The van der Waals surface area contributed by atoms with Crippen LogP contribution in [0.4, 0.5) is 0 Å². The number of hydrogen-bond donors (Lipinski definition) is 0. The van der Waals surface area contributed by atoms with E-state index in [1.165, 1.54) is 35.6 Å². The molecule has 4 heteroatoms. The van der Waals surface area contributed by atoms with Gasteiger partial charge in [0.25, 0.3) is 0 Å². The lowest BCUT2D eigenvalue weighted by Gasteiger charge is -2.52. The molecule has 192 valence electrons. The van der Waals surface area contributed by atoms with Crippen LogP contribution in [0.25, 0.3) is 32.4 Å². The maximum atomic E-state index is 7.36. The molecule has 0 saturated carbocycles. The van der Waals surface area contributed by atoms with E-state index in [0.29, 0.717) is 6.04 Å². The molecule has 4 nitrogen and oxygen atoms in total. The van der Waals surface area contributed by atoms with Crippen molar-refractivity contribution in [2.24, 2.45) is 11.8 Å². The quantitative estimate of drug-likeness (QED) is 0.222. The fraction of sp³-hybridized carbons (Fsp3) is 0.324. The van der Waals surface area contributed by atoms with Crippen molar-refractivity contribution in [1.82, 2.24) is 9.88 Å². The molecule has 3 unspecified atom stereocenters. The first kappa shape index (κ1) is 23.5. The summed E-state index contributed by atoms with van der Waals surface area (Å²) in [5.41, 5.74) is 2.17. The molecule has 3 aliphatic rings. The summed E-state index contributed by atoms with van der Waals surface area (Å²) in [7, 11) is 1.73. The summed E-state index contributed by atoms with van der Waals surface area (Å²) in [5, 5.41) is 5.84. The van der Waals surface area contributed by atoms with Crippen molar-refractivity contribution in [3.05, 3.63) is 90.6 Å². The number of ether oxygens (including phenoxy) is 2. The summed E-state index contributed by atoms with van der Waals surface area (Å²) in [4.78, 5) is 7.41. The zero-order valence-corrected chi connectivity index (χ0v) is 22.1. The van der Waals surface area contributed by atoms with Crippen LogP contribution >= 0.6 is 0 Å². The van der Waals surface area contributed by atoms with E-state index < -0.39 is 0 Å². The van der Waals surface area contributed by atoms with Gasteiger partial charge in [0.2, 0.25) is 0 Å². The van der Waals surface area contributed by atoms with Crippen molar-refractivity contribution in [3.63, 3.8) is 0 Å². The Morgan fingerprint density at radius 1 is 0.921 bits per heavy atom. The second-order valence-corrected chi connectivity index (χ2v) is 11.0. The molecule has 3 fully saturated rings. The van der Waals surface area contributed by atoms with E-state index in [9.17, 15) is 0 Å². The minimum absolute atomic E-state index is 0.123. The Hall–Kier alpha value is -3.63. The van der Waals surface area contributed by atoms with Gasteiger partial charge < -0.3 is 9.47 Å². The summed E-state index contributed by atoms with van der Waals surface area (Å²) in [5.74, 6) is 3.37. The summed E-state index contributed by atoms with van der Waals surface area (Å²) in [6.07, 6.45) is 5.53. The fourth-order valence-corrected chi connectivity index (χ4v) is 7.05. The zero-order valence-electron chi connectivity index (χ0n) is 22.1. The molecule has 0 spiro atoms. The van der Waals surface area contributed by atoms with E-state index in [1.807, 2.05) is 12.3 Å². The Morgan fingerprint density at radius 2 is 1.68 bits per heavy atom. The summed E-state index contributed by atoms with van der Waals surface area (Å²) in [6, 6.07) is 28.1. The number of methoxy groups -OCH3 is 1. The van der Waals surface area contributed by atoms with Crippen LogP contribution in [0.2, 0.25) is 0 Å². The Morgan fingerprint density at radius 3 is 2.37 bits per heavy atom. The highest BCUT2D eigenvalue weighted by Crippen LogP contribution is 2.46. The van der Waals surface area contributed by atoms with Gasteiger partial charge >= 0.3 is 0 Å². The smallest absolute Gasteiger partial charge is 0.140 e. The van der Waals surface area contributed by atoms with Crippen LogP contribution in [0.3, 0.4) is 0 Å². The summed E-state index contributed by atoms with van der Waals surface area (Å²) in [6.45, 7) is 4.66. The van der Waals surface area contributed by atoms with Crippen LogP contribution in [-0.4, -0.2) is 36.1 Å². The number of hydrogen-bond acceptors (Lipinski definition) is 4. The van der Waals surface area contributed by atoms with Crippen molar-refractivity contribution >= 4 is 32.4 Å². The highest BCUT2D eigenvalue weighted by molar-refractivity contribution is 6.05. The first-order valence-corrected chi connectivity index (χ1v) is 14.0. The van der Waals surface area contributed by atoms with Gasteiger partial charge in [-0.2, -0.15) is 0 Å². The van der Waals surface area contributed by atoms with Gasteiger partial charge in [-0.25, -0.2) is 0 Å². The topological polar surface area (TPSA) is 34.6 Å². The number of benzene rings is 4. The average Bonchev–Trinajstić information content (AvgIpc) is 2.99. The molecule has 4 heterocycles. The predicted molar refractivity (Wildman–Crippen MR) is 155 cm³/mol. The number of nitrogens with zero attached hydrogens (tertiary/aromatic N) is 2. The molecule has 0 aliphatic carbocycles. The lowest BCUT2D eigenvalue weighted by atomic mass is 9.72. The second-order valence-electron chi connectivity index (χ2n) is 11.0. The maximum Gasteiger partial charge on any atom is 0.140 e. The molecule has 8 rings (SSSR count). The molecule has 3 aliphatic heterocycles. The van der Waals surface area contributed by atoms with Gasteiger partial charge in [0.15, 0.2) is 0 Å². The van der Waals surface area contributed by atoms with Gasteiger partial charge in [0.05, 0.1) is 18.7 Å². The van der Waals surface area contributed by atoms with Crippen molar-refractivity contribution in [3.8, 4) is 11.5 Å². The van der Waals surface area contributed by atoms with Crippen LogP contribution in [0.15, 0.2) is 85.1 Å². The average molecular weight is 503 g/mol. The molecule has 5 atom stereocenters. The van der Waals surface area contributed by atoms with Crippen molar-refractivity contribution in [1.29, 1.82) is 0 Å². The molecule has 38 heavy (non-hydrogen) atoms. The van der Waals surface area contributed by atoms with Crippen LogP contribution in [0, 0.1) is 11.8 Å². The SMILES string of the molecule is CC[C@@H]1CN2CCC1CC2[C@H](Oc1c2ccccc2cc2ccccc12)c1ccnc2ccc(OC)cc12. The molecule has 3 saturated heterocycles. The first-order chi connectivity index (χ1) is 18.7. The molecule has 0 radical (unpaired) electrons. The largest absolute Gasteiger partial charge is 0.497 e.